The molecule has 2 aromatic carbocycles. The van der Waals surface area contributed by atoms with Crippen LogP contribution in [0.2, 0.25) is 0 Å². The summed E-state index contributed by atoms with van der Waals surface area (Å²) in [4.78, 5) is 21.6. The number of amidine groups is 1. The summed E-state index contributed by atoms with van der Waals surface area (Å²) in [6.07, 6.45) is 1.79. The van der Waals surface area contributed by atoms with E-state index < -0.39 is 0 Å². The summed E-state index contributed by atoms with van der Waals surface area (Å²) in [5.74, 6) is 0.885. The van der Waals surface area contributed by atoms with E-state index in [0.717, 1.165) is 16.8 Å². The Bertz CT molecular complexity index is 1080. The summed E-state index contributed by atoms with van der Waals surface area (Å²) in [6.45, 7) is 4.12. The molecule has 2 N–H and O–H groups in total. The minimum absolute atomic E-state index is 0.170. The molecule has 5 heteroatoms. The standard InChI is InChI=1S/C20H18N4O/c1-12(2)24-17-10-6-4-7-13(17)15(19(24)21)11-18-22-16-9-5-3-8-14(16)20(25)23-18/h3-12,21H,1-2H3,(H,22,23,25)/b15-11-,21-19?. The molecule has 1 aliphatic rings. The third-order valence-electron chi connectivity index (χ3n) is 4.38. The van der Waals surface area contributed by atoms with Gasteiger partial charge in [0.2, 0.25) is 0 Å². The molecule has 124 valence electrons. The van der Waals surface area contributed by atoms with Crippen LogP contribution in [0.5, 0.6) is 0 Å². The maximum absolute atomic E-state index is 12.3. The second-order valence-electron chi connectivity index (χ2n) is 6.36. The molecule has 3 aromatic rings. The molecule has 0 amide bonds. The second-order valence-corrected chi connectivity index (χ2v) is 6.36. The van der Waals surface area contributed by atoms with Gasteiger partial charge in [-0.3, -0.25) is 10.2 Å². The summed E-state index contributed by atoms with van der Waals surface area (Å²) < 4.78 is 0. The first-order valence-electron chi connectivity index (χ1n) is 8.24. The van der Waals surface area contributed by atoms with Crippen molar-refractivity contribution in [2.24, 2.45) is 0 Å². The second kappa shape index (κ2) is 5.70. The molecule has 0 radical (unpaired) electrons. The normalized spacial score (nSPS) is 15.4. The minimum Gasteiger partial charge on any atom is -0.323 e. The first kappa shape index (κ1) is 15.3. The fourth-order valence-electron chi connectivity index (χ4n) is 3.28. The molecule has 0 unspecified atom stereocenters. The highest BCUT2D eigenvalue weighted by Crippen LogP contribution is 2.38. The van der Waals surface area contributed by atoms with Gasteiger partial charge in [0, 0.05) is 17.2 Å². The molecule has 4 rings (SSSR count). The highest BCUT2D eigenvalue weighted by Gasteiger charge is 2.30. The third kappa shape index (κ3) is 2.45. The lowest BCUT2D eigenvalue weighted by molar-refractivity contribution is 0.812. The maximum atomic E-state index is 12.3. The quantitative estimate of drug-likeness (QED) is 0.753. The maximum Gasteiger partial charge on any atom is 0.259 e. The van der Waals surface area contributed by atoms with E-state index in [1.54, 1.807) is 12.1 Å². The Morgan fingerprint density at radius 3 is 2.64 bits per heavy atom. The number of aromatic amines is 1. The summed E-state index contributed by atoms with van der Waals surface area (Å²) >= 11 is 0. The van der Waals surface area contributed by atoms with Gasteiger partial charge >= 0.3 is 0 Å². The Morgan fingerprint density at radius 1 is 1.12 bits per heavy atom. The van der Waals surface area contributed by atoms with Crippen LogP contribution in [0.15, 0.2) is 53.3 Å². The van der Waals surface area contributed by atoms with Gasteiger partial charge in [0.15, 0.2) is 0 Å². The van der Waals surface area contributed by atoms with Crippen LogP contribution in [0, 0.1) is 5.41 Å². The molecule has 0 aliphatic carbocycles. The van der Waals surface area contributed by atoms with E-state index in [1.165, 1.54) is 0 Å². The molecule has 25 heavy (non-hydrogen) atoms. The Morgan fingerprint density at radius 2 is 1.84 bits per heavy atom. The molecule has 2 heterocycles. The van der Waals surface area contributed by atoms with Crippen molar-refractivity contribution < 1.29 is 0 Å². The van der Waals surface area contributed by atoms with Crippen molar-refractivity contribution in [1.29, 1.82) is 5.41 Å². The van der Waals surface area contributed by atoms with E-state index in [2.05, 4.69) is 23.8 Å². The molecular weight excluding hydrogens is 312 g/mol. The molecule has 0 bridgehead atoms. The topological polar surface area (TPSA) is 72.8 Å². The fraction of sp³-hybridized carbons (Fsp3) is 0.150. The van der Waals surface area contributed by atoms with E-state index in [4.69, 9.17) is 5.41 Å². The van der Waals surface area contributed by atoms with Crippen molar-refractivity contribution in [3.63, 3.8) is 0 Å². The SMILES string of the molecule is CC(C)N1C(=N)/C(=C\c2nc3ccccc3c(=O)[nH]2)c2ccccc21. The number of para-hydroxylation sites is 2. The average Bonchev–Trinajstić information content (AvgIpc) is 2.87. The van der Waals surface area contributed by atoms with Crippen LogP contribution in [0.4, 0.5) is 5.69 Å². The van der Waals surface area contributed by atoms with Gasteiger partial charge < -0.3 is 9.88 Å². The number of hydrogen-bond donors (Lipinski definition) is 2. The molecule has 0 atom stereocenters. The summed E-state index contributed by atoms with van der Waals surface area (Å²) in [5.41, 5.74) is 3.24. The Kier molecular flexibility index (Phi) is 3.50. The first-order valence-corrected chi connectivity index (χ1v) is 8.24. The zero-order chi connectivity index (χ0) is 17.6. The number of benzene rings is 2. The molecule has 0 saturated carbocycles. The smallest absolute Gasteiger partial charge is 0.259 e. The molecule has 5 nitrogen and oxygen atoms in total. The largest absolute Gasteiger partial charge is 0.323 e. The number of anilines is 1. The monoisotopic (exact) mass is 330 g/mol. The van der Waals surface area contributed by atoms with Gasteiger partial charge in [0.25, 0.3) is 5.56 Å². The number of H-pyrrole nitrogens is 1. The van der Waals surface area contributed by atoms with Gasteiger partial charge in [0.1, 0.15) is 11.7 Å². The van der Waals surface area contributed by atoms with Gasteiger partial charge in [-0.2, -0.15) is 0 Å². The van der Waals surface area contributed by atoms with Gasteiger partial charge in [-0.05, 0) is 38.1 Å². The Hall–Kier alpha value is -3.21. The molecule has 0 saturated heterocycles. The van der Waals surface area contributed by atoms with Gasteiger partial charge in [-0.15, -0.1) is 0 Å². The number of hydrogen-bond acceptors (Lipinski definition) is 3. The van der Waals surface area contributed by atoms with E-state index in [9.17, 15) is 4.79 Å². The van der Waals surface area contributed by atoms with E-state index >= 15 is 0 Å². The molecular formula is C20H18N4O. The van der Waals surface area contributed by atoms with Crippen molar-refractivity contribution >= 4 is 34.1 Å². The van der Waals surface area contributed by atoms with Crippen LogP contribution in [-0.2, 0) is 0 Å². The average molecular weight is 330 g/mol. The molecule has 0 fully saturated rings. The number of rotatable bonds is 2. The number of aromatic nitrogens is 2. The van der Waals surface area contributed by atoms with Crippen LogP contribution in [0.1, 0.15) is 25.2 Å². The van der Waals surface area contributed by atoms with Gasteiger partial charge in [-0.25, -0.2) is 4.98 Å². The van der Waals surface area contributed by atoms with Crippen molar-refractivity contribution in [3.05, 3.63) is 70.3 Å². The van der Waals surface area contributed by atoms with Crippen LogP contribution < -0.4 is 10.5 Å². The van der Waals surface area contributed by atoms with Crippen molar-refractivity contribution in [2.75, 3.05) is 4.90 Å². The Labute approximate surface area is 145 Å². The number of fused-ring (bicyclic) bond motifs is 2. The summed E-state index contributed by atoms with van der Waals surface area (Å²) in [7, 11) is 0. The molecule has 1 aromatic heterocycles. The first-order chi connectivity index (χ1) is 12.1. The van der Waals surface area contributed by atoms with Crippen LogP contribution >= 0.6 is 0 Å². The lowest BCUT2D eigenvalue weighted by atomic mass is 10.1. The fourth-order valence-corrected chi connectivity index (χ4v) is 3.28. The summed E-state index contributed by atoms with van der Waals surface area (Å²) in [5, 5.41) is 9.15. The zero-order valence-corrected chi connectivity index (χ0v) is 14.1. The third-order valence-corrected chi connectivity index (χ3v) is 4.38. The molecule has 0 spiro atoms. The highest BCUT2D eigenvalue weighted by atomic mass is 16.1. The number of nitrogens with one attached hydrogen (secondary N) is 2. The highest BCUT2D eigenvalue weighted by molar-refractivity contribution is 6.37. The lowest BCUT2D eigenvalue weighted by Gasteiger charge is -2.23. The Balaban J connectivity index is 1.90. The van der Waals surface area contributed by atoms with Crippen molar-refractivity contribution in [2.45, 2.75) is 19.9 Å². The molecule has 1 aliphatic heterocycles. The number of nitrogens with zero attached hydrogens (tertiary/aromatic N) is 2. The lowest BCUT2D eigenvalue weighted by Crippen LogP contribution is -2.32. The van der Waals surface area contributed by atoms with Crippen molar-refractivity contribution in [3.8, 4) is 0 Å². The van der Waals surface area contributed by atoms with Crippen LogP contribution in [0.25, 0.3) is 22.6 Å². The zero-order valence-electron chi connectivity index (χ0n) is 14.1. The van der Waals surface area contributed by atoms with Crippen molar-refractivity contribution in [1.82, 2.24) is 9.97 Å². The van der Waals surface area contributed by atoms with E-state index in [1.807, 2.05) is 47.4 Å². The van der Waals surface area contributed by atoms with E-state index in [0.29, 0.717) is 22.6 Å². The predicted molar refractivity (Wildman–Crippen MR) is 102 cm³/mol. The van der Waals surface area contributed by atoms with Crippen LogP contribution in [-0.4, -0.2) is 21.8 Å². The van der Waals surface area contributed by atoms with Gasteiger partial charge in [0.05, 0.1) is 16.6 Å². The minimum atomic E-state index is -0.170. The van der Waals surface area contributed by atoms with Crippen LogP contribution in [0.3, 0.4) is 0 Å². The van der Waals surface area contributed by atoms with Gasteiger partial charge in [-0.1, -0.05) is 30.3 Å². The van der Waals surface area contributed by atoms with E-state index in [-0.39, 0.29) is 11.6 Å². The summed E-state index contributed by atoms with van der Waals surface area (Å²) in [6, 6.07) is 15.4. The predicted octanol–water partition coefficient (Wildman–Crippen LogP) is 3.67.